The molecule has 0 aliphatic carbocycles. The molecular formula is C10H20N2O3. The summed E-state index contributed by atoms with van der Waals surface area (Å²) in [5, 5.41) is 11.2. The van der Waals surface area contributed by atoms with Crippen LogP contribution in [-0.2, 0) is 9.59 Å². The molecule has 5 heteroatoms. The summed E-state index contributed by atoms with van der Waals surface area (Å²) in [4.78, 5) is 21.6. The molecule has 0 aliphatic heterocycles. The van der Waals surface area contributed by atoms with Gasteiger partial charge in [-0.05, 0) is 19.8 Å². The van der Waals surface area contributed by atoms with E-state index in [4.69, 9.17) is 10.8 Å². The molecule has 4 N–H and O–H groups in total. The first-order valence-electron chi connectivity index (χ1n) is 5.22. The largest absolute Gasteiger partial charge is 0.481 e. The highest BCUT2D eigenvalue weighted by molar-refractivity contribution is 5.76. The Morgan fingerprint density at radius 3 is 2.53 bits per heavy atom. The van der Waals surface area contributed by atoms with Crippen LogP contribution in [0.15, 0.2) is 0 Å². The predicted molar refractivity (Wildman–Crippen MR) is 57.4 cm³/mol. The molecule has 0 aromatic carbocycles. The molecule has 2 unspecified atom stereocenters. The Kier molecular flexibility index (Phi) is 6.70. The first-order valence-corrected chi connectivity index (χ1v) is 5.22. The quantitative estimate of drug-likeness (QED) is 0.577. The predicted octanol–water partition coefficient (Wildman–Crippen LogP) is 0.483. The number of carbonyl (C=O) groups excluding carboxylic acids is 1. The fourth-order valence-corrected chi connectivity index (χ4v) is 1.13. The topological polar surface area (TPSA) is 92.4 Å². The summed E-state index contributed by atoms with van der Waals surface area (Å²) in [5.74, 6) is -0.955. The van der Waals surface area contributed by atoms with Crippen molar-refractivity contribution in [3.8, 4) is 0 Å². The number of amides is 1. The van der Waals surface area contributed by atoms with E-state index in [1.54, 1.807) is 6.92 Å². The third kappa shape index (κ3) is 7.93. The first kappa shape index (κ1) is 13.9. The molecule has 0 radical (unpaired) electrons. The minimum atomic E-state index is -0.846. The molecule has 0 saturated carbocycles. The fourth-order valence-electron chi connectivity index (χ4n) is 1.13. The molecule has 88 valence electrons. The Labute approximate surface area is 90.0 Å². The molecule has 5 nitrogen and oxygen atoms in total. The summed E-state index contributed by atoms with van der Waals surface area (Å²) in [7, 11) is 0. The summed E-state index contributed by atoms with van der Waals surface area (Å²) in [5.41, 5.74) is 5.62. The van der Waals surface area contributed by atoms with Gasteiger partial charge in [0.25, 0.3) is 0 Å². The lowest BCUT2D eigenvalue weighted by molar-refractivity contribution is -0.137. The lowest BCUT2D eigenvalue weighted by Gasteiger charge is -2.14. The van der Waals surface area contributed by atoms with Gasteiger partial charge in [-0.25, -0.2) is 0 Å². The van der Waals surface area contributed by atoms with Gasteiger partial charge < -0.3 is 16.2 Å². The fraction of sp³-hybridized carbons (Fsp3) is 0.800. The Bertz CT molecular complexity index is 219. The Hall–Kier alpha value is -1.10. The van der Waals surface area contributed by atoms with Gasteiger partial charge in [0.1, 0.15) is 0 Å². The van der Waals surface area contributed by atoms with Gasteiger partial charge in [0, 0.05) is 24.9 Å². The number of nitrogens with one attached hydrogen (secondary N) is 1. The minimum absolute atomic E-state index is 0.0707. The second-order valence-corrected chi connectivity index (χ2v) is 3.77. The molecule has 0 aromatic rings. The van der Waals surface area contributed by atoms with Gasteiger partial charge in [-0.1, -0.05) is 6.92 Å². The number of aliphatic carboxylic acids is 1. The molecule has 0 fully saturated rings. The zero-order valence-electron chi connectivity index (χ0n) is 9.32. The van der Waals surface area contributed by atoms with Crippen LogP contribution in [0, 0.1) is 0 Å². The van der Waals surface area contributed by atoms with Crippen molar-refractivity contribution >= 4 is 11.9 Å². The van der Waals surface area contributed by atoms with Crippen LogP contribution in [0.3, 0.4) is 0 Å². The number of rotatable bonds is 7. The number of carboxylic acids is 1. The summed E-state index contributed by atoms with van der Waals surface area (Å²) in [6.45, 7) is 3.71. The van der Waals surface area contributed by atoms with Crippen molar-refractivity contribution in [1.29, 1.82) is 0 Å². The van der Waals surface area contributed by atoms with E-state index in [2.05, 4.69) is 5.32 Å². The molecule has 2 atom stereocenters. The van der Waals surface area contributed by atoms with E-state index >= 15 is 0 Å². The van der Waals surface area contributed by atoms with E-state index in [0.717, 1.165) is 6.42 Å². The normalized spacial score (nSPS) is 14.3. The number of nitrogens with two attached hydrogens (primary N) is 1. The van der Waals surface area contributed by atoms with Crippen molar-refractivity contribution < 1.29 is 14.7 Å². The van der Waals surface area contributed by atoms with Crippen LogP contribution in [-0.4, -0.2) is 29.1 Å². The average molecular weight is 216 g/mol. The monoisotopic (exact) mass is 216 g/mol. The van der Waals surface area contributed by atoms with Gasteiger partial charge in [0.15, 0.2) is 0 Å². The second kappa shape index (κ2) is 7.23. The molecule has 0 aliphatic rings. The van der Waals surface area contributed by atoms with Gasteiger partial charge in [0.2, 0.25) is 5.91 Å². The molecule has 15 heavy (non-hydrogen) atoms. The van der Waals surface area contributed by atoms with Crippen LogP contribution >= 0.6 is 0 Å². The van der Waals surface area contributed by atoms with Gasteiger partial charge >= 0.3 is 5.97 Å². The van der Waals surface area contributed by atoms with Crippen molar-refractivity contribution in [2.45, 2.75) is 51.6 Å². The summed E-state index contributed by atoms with van der Waals surface area (Å²) >= 11 is 0. The van der Waals surface area contributed by atoms with E-state index < -0.39 is 5.97 Å². The molecule has 1 amide bonds. The van der Waals surface area contributed by atoms with Crippen LogP contribution in [0.1, 0.15) is 39.5 Å². The van der Waals surface area contributed by atoms with Crippen molar-refractivity contribution in [2.24, 2.45) is 5.73 Å². The van der Waals surface area contributed by atoms with Gasteiger partial charge in [-0.2, -0.15) is 0 Å². The zero-order valence-corrected chi connectivity index (χ0v) is 9.32. The lowest BCUT2D eigenvalue weighted by Crippen LogP contribution is -2.36. The van der Waals surface area contributed by atoms with Crippen LogP contribution in [0.2, 0.25) is 0 Å². The number of hydrogen-bond donors (Lipinski definition) is 3. The summed E-state index contributed by atoms with van der Waals surface area (Å²) < 4.78 is 0. The average Bonchev–Trinajstić information content (AvgIpc) is 2.14. The maximum absolute atomic E-state index is 11.3. The lowest BCUT2D eigenvalue weighted by atomic mass is 10.1. The molecule has 0 aromatic heterocycles. The SMILES string of the molecule is CCC(N)CC(=O)NC(C)CCC(=O)O. The van der Waals surface area contributed by atoms with Crippen molar-refractivity contribution in [2.75, 3.05) is 0 Å². The Morgan fingerprint density at radius 1 is 1.47 bits per heavy atom. The van der Waals surface area contributed by atoms with E-state index in [1.807, 2.05) is 6.92 Å². The molecule has 0 bridgehead atoms. The van der Waals surface area contributed by atoms with Crippen molar-refractivity contribution in [3.63, 3.8) is 0 Å². The number of carboxylic acid groups (broad SMARTS) is 1. The second-order valence-electron chi connectivity index (χ2n) is 3.77. The smallest absolute Gasteiger partial charge is 0.303 e. The standard InChI is InChI=1S/C10H20N2O3/c1-3-8(11)6-9(13)12-7(2)4-5-10(14)15/h7-8H,3-6,11H2,1-2H3,(H,12,13)(H,14,15). The number of carbonyl (C=O) groups is 2. The first-order chi connectivity index (χ1) is 6.95. The van der Waals surface area contributed by atoms with Crippen LogP contribution < -0.4 is 11.1 Å². The van der Waals surface area contributed by atoms with Gasteiger partial charge in [-0.15, -0.1) is 0 Å². The van der Waals surface area contributed by atoms with Crippen molar-refractivity contribution in [1.82, 2.24) is 5.32 Å². The third-order valence-corrected chi connectivity index (χ3v) is 2.17. The molecule has 0 heterocycles. The third-order valence-electron chi connectivity index (χ3n) is 2.17. The van der Waals surface area contributed by atoms with E-state index in [-0.39, 0.29) is 24.4 Å². The summed E-state index contributed by atoms with van der Waals surface area (Å²) in [6, 6.07) is -0.227. The Balaban J connectivity index is 3.71. The summed E-state index contributed by atoms with van der Waals surface area (Å²) in [6.07, 6.45) is 1.58. The van der Waals surface area contributed by atoms with E-state index in [0.29, 0.717) is 12.8 Å². The maximum atomic E-state index is 11.3. The zero-order chi connectivity index (χ0) is 11.8. The van der Waals surface area contributed by atoms with E-state index in [1.165, 1.54) is 0 Å². The Morgan fingerprint density at radius 2 is 2.07 bits per heavy atom. The van der Waals surface area contributed by atoms with E-state index in [9.17, 15) is 9.59 Å². The van der Waals surface area contributed by atoms with Crippen molar-refractivity contribution in [3.05, 3.63) is 0 Å². The molecule has 0 rings (SSSR count). The van der Waals surface area contributed by atoms with Crippen LogP contribution in [0.25, 0.3) is 0 Å². The maximum Gasteiger partial charge on any atom is 0.303 e. The highest BCUT2D eigenvalue weighted by Crippen LogP contribution is 1.99. The van der Waals surface area contributed by atoms with Crippen LogP contribution in [0.4, 0.5) is 0 Å². The highest BCUT2D eigenvalue weighted by atomic mass is 16.4. The number of hydrogen-bond acceptors (Lipinski definition) is 3. The van der Waals surface area contributed by atoms with Gasteiger partial charge in [0.05, 0.1) is 0 Å². The van der Waals surface area contributed by atoms with Crippen LogP contribution in [0.5, 0.6) is 0 Å². The van der Waals surface area contributed by atoms with Gasteiger partial charge in [-0.3, -0.25) is 9.59 Å². The molecular weight excluding hydrogens is 196 g/mol. The minimum Gasteiger partial charge on any atom is -0.481 e. The highest BCUT2D eigenvalue weighted by Gasteiger charge is 2.11. The molecule has 0 spiro atoms. The molecule has 0 saturated heterocycles.